The van der Waals surface area contributed by atoms with E-state index in [-0.39, 0.29) is 11.4 Å². The monoisotopic (exact) mass is 288 g/mol. The van der Waals surface area contributed by atoms with Gasteiger partial charge in [-0.2, -0.15) is 0 Å². The highest BCUT2D eigenvalue weighted by Gasteiger charge is 2.09. The van der Waals surface area contributed by atoms with E-state index in [2.05, 4.69) is 5.10 Å². The summed E-state index contributed by atoms with van der Waals surface area (Å²) < 4.78 is 14.3. The molecule has 0 spiro atoms. The van der Waals surface area contributed by atoms with E-state index in [0.717, 1.165) is 5.56 Å². The summed E-state index contributed by atoms with van der Waals surface area (Å²) in [5, 5.41) is 3.53. The minimum absolute atomic E-state index is 0.230. The van der Waals surface area contributed by atoms with Crippen molar-refractivity contribution in [3.05, 3.63) is 75.8 Å². The van der Waals surface area contributed by atoms with Crippen molar-refractivity contribution < 1.29 is 4.39 Å². The third-order valence-corrected chi connectivity index (χ3v) is 3.30. The fourth-order valence-electron chi connectivity index (χ4n) is 2.00. The molecule has 3 nitrogen and oxygen atoms in total. The minimum Gasteiger partial charge on any atom is -0.290 e. The van der Waals surface area contributed by atoms with Gasteiger partial charge in [0.2, 0.25) is 0 Å². The Hall–Kier alpha value is -2.33. The average molecular weight is 289 g/mol. The lowest BCUT2D eigenvalue weighted by molar-refractivity contribution is 0.627. The number of aromatic amines is 1. The van der Waals surface area contributed by atoms with Crippen LogP contribution in [0.25, 0.3) is 16.9 Å². The molecular formula is C15H10ClFN2O. The first-order chi connectivity index (χ1) is 9.65. The van der Waals surface area contributed by atoms with Crippen LogP contribution in [0.2, 0.25) is 5.02 Å². The molecule has 0 unspecified atom stereocenters. The largest absolute Gasteiger partial charge is 0.290 e. The molecule has 1 heterocycles. The SMILES string of the molecule is O=c1cc(-c2ccccc2Cl)[nH]n1-c1ccc(F)cc1. The topological polar surface area (TPSA) is 37.8 Å². The van der Waals surface area contributed by atoms with Crippen LogP contribution < -0.4 is 5.56 Å². The number of rotatable bonds is 2. The van der Waals surface area contributed by atoms with Crippen molar-refractivity contribution in [2.75, 3.05) is 0 Å². The number of hydrogen-bond donors (Lipinski definition) is 1. The lowest BCUT2D eigenvalue weighted by Crippen LogP contribution is -2.13. The Bertz CT molecular complexity index is 805. The summed E-state index contributed by atoms with van der Waals surface area (Å²) in [6.07, 6.45) is 0. The first-order valence-electron chi connectivity index (χ1n) is 5.98. The Morgan fingerprint density at radius 2 is 1.75 bits per heavy atom. The molecule has 3 rings (SSSR count). The highest BCUT2D eigenvalue weighted by Crippen LogP contribution is 2.25. The number of halogens is 2. The summed E-state index contributed by atoms with van der Waals surface area (Å²) >= 11 is 6.11. The van der Waals surface area contributed by atoms with Crippen LogP contribution >= 0.6 is 11.6 Å². The Kier molecular flexibility index (Phi) is 3.16. The number of aromatic nitrogens is 2. The quantitative estimate of drug-likeness (QED) is 0.768. The van der Waals surface area contributed by atoms with Crippen LogP contribution in [0.3, 0.4) is 0 Å². The van der Waals surface area contributed by atoms with Crippen LogP contribution in [-0.4, -0.2) is 9.78 Å². The van der Waals surface area contributed by atoms with Crippen LogP contribution in [0.5, 0.6) is 0 Å². The van der Waals surface area contributed by atoms with Gasteiger partial charge in [-0.15, -0.1) is 0 Å². The molecule has 5 heteroatoms. The van der Waals surface area contributed by atoms with E-state index in [9.17, 15) is 9.18 Å². The molecular weight excluding hydrogens is 279 g/mol. The normalized spacial score (nSPS) is 10.7. The second-order valence-corrected chi connectivity index (χ2v) is 4.71. The molecule has 0 aliphatic carbocycles. The van der Waals surface area contributed by atoms with Gasteiger partial charge in [0, 0.05) is 16.7 Å². The number of hydrogen-bond acceptors (Lipinski definition) is 1. The molecule has 0 bridgehead atoms. The fraction of sp³-hybridized carbons (Fsp3) is 0. The maximum Gasteiger partial charge on any atom is 0.271 e. The summed E-state index contributed by atoms with van der Waals surface area (Å²) in [5.41, 5.74) is 1.69. The van der Waals surface area contributed by atoms with Crippen molar-refractivity contribution in [2.24, 2.45) is 0 Å². The highest BCUT2D eigenvalue weighted by atomic mass is 35.5. The van der Waals surface area contributed by atoms with Gasteiger partial charge in [-0.05, 0) is 30.3 Å². The van der Waals surface area contributed by atoms with Crippen molar-refractivity contribution in [3.63, 3.8) is 0 Å². The number of benzene rings is 2. The zero-order valence-corrected chi connectivity index (χ0v) is 11.1. The van der Waals surface area contributed by atoms with Crippen molar-refractivity contribution in [1.82, 2.24) is 9.78 Å². The Morgan fingerprint density at radius 1 is 1.05 bits per heavy atom. The van der Waals surface area contributed by atoms with Gasteiger partial charge in [0.1, 0.15) is 5.82 Å². The molecule has 20 heavy (non-hydrogen) atoms. The predicted molar refractivity (Wildman–Crippen MR) is 76.8 cm³/mol. The Morgan fingerprint density at radius 3 is 2.45 bits per heavy atom. The van der Waals surface area contributed by atoms with Gasteiger partial charge in [-0.25, -0.2) is 9.07 Å². The van der Waals surface area contributed by atoms with Crippen LogP contribution in [0.1, 0.15) is 0 Å². The lowest BCUT2D eigenvalue weighted by Gasteiger charge is -2.03. The number of nitrogens with zero attached hydrogens (tertiary/aromatic N) is 1. The van der Waals surface area contributed by atoms with Crippen molar-refractivity contribution in [1.29, 1.82) is 0 Å². The van der Waals surface area contributed by atoms with Gasteiger partial charge in [0.05, 0.1) is 11.4 Å². The molecule has 0 saturated heterocycles. The molecule has 0 aliphatic rings. The second-order valence-electron chi connectivity index (χ2n) is 4.30. The Labute approximate surface area is 119 Å². The van der Waals surface area contributed by atoms with Crippen LogP contribution in [0, 0.1) is 5.82 Å². The first kappa shape index (κ1) is 12.7. The van der Waals surface area contributed by atoms with Gasteiger partial charge in [0.25, 0.3) is 5.56 Å². The predicted octanol–water partition coefficient (Wildman–Crippen LogP) is 3.63. The van der Waals surface area contributed by atoms with E-state index in [1.54, 1.807) is 6.07 Å². The molecule has 3 aromatic rings. The van der Waals surface area contributed by atoms with E-state index in [1.807, 2.05) is 18.2 Å². The summed E-state index contributed by atoms with van der Waals surface area (Å²) in [6, 6.07) is 14.4. The number of nitrogens with one attached hydrogen (secondary N) is 1. The third-order valence-electron chi connectivity index (χ3n) is 2.97. The van der Waals surface area contributed by atoms with Crippen molar-refractivity contribution >= 4 is 11.6 Å². The van der Waals surface area contributed by atoms with E-state index in [1.165, 1.54) is 35.0 Å². The molecule has 0 aliphatic heterocycles. The lowest BCUT2D eigenvalue weighted by atomic mass is 10.1. The zero-order valence-electron chi connectivity index (χ0n) is 10.3. The molecule has 1 aromatic heterocycles. The second kappa shape index (κ2) is 4.98. The van der Waals surface area contributed by atoms with Gasteiger partial charge in [0.15, 0.2) is 0 Å². The van der Waals surface area contributed by atoms with E-state index >= 15 is 0 Å². The zero-order chi connectivity index (χ0) is 14.1. The molecule has 2 aromatic carbocycles. The van der Waals surface area contributed by atoms with Crippen LogP contribution in [-0.2, 0) is 0 Å². The van der Waals surface area contributed by atoms with Gasteiger partial charge in [-0.3, -0.25) is 9.89 Å². The van der Waals surface area contributed by atoms with E-state index in [0.29, 0.717) is 16.4 Å². The molecule has 1 N–H and O–H groups in total. The Balaban J connectivity index is 2.10. The summed E-state index contributed by atoms with van der Waals surface area (Å²) in [7, 11) is 0. The van der Waals surface area contributed by atoms with Gasteiger partial charge < -0.3 is 0 Å². The molecule has 0 saturated carbocycles. The molecule has 0 atom stereocenters. The molecule has 0 fully saturated rings. The smallest absolute Gasteiger partial charge is 0.271 e. The molecule has 100 valence electrons. The van der Waals surface area contributed by atoms with E-state index in [4.69, 9.17) is 11.6 Å². The fourth-order valence-corrected chi connectivity index (χ4v) is 2.23. The third kappa shape index (κ3) is 2.26. The summed E-state index contributed by atoms with van der Waals surface area (Å²) in [4.78, 5) is 12.0. The summed E-state index contributed by atoms with van der Waals surface area (Å²) in [5.74, 6) is -0.348. The first-order valence-corrected chi connectivity index (χ1v) is 6.36. The standard InChI is InChI=1S/C15H10ClFN2O/c16-13-4-2-1-3-12(13)14-9-15(20)19(18-14)11-7-5-10(17)6-8-11/h1-9,18H. The van der Waals surface area contributed by atoms with Crippen LogP contribution in [0.15, 0.2) is 59.4 Å². The maximum atomic E-state index is 12.9. The van der Waals surface area contributed by atoms with Crippen LogP contribution in [0.4, 0.5) is 4.39 Å². The minimum atomic E-state index is -0.348. The summed E-state index contributed by atoms with van der Waals surface area (Å²) in [6.45, 7) is 0. The number of H-pyrrole nitrogens is 1. The molecule has 0 radical (unpaired) electrons. The van der Waals surface area contributed by atoms with Gasteiger partial charge >= 0.3 is 0 Å². The van der Waals surface area contributed by atoms with E-state index < -0.39 is 0 Å². The van der Waals surface area contributed by atoms with Gasteiger partial charge in [-0.1, -0.05) is 29.8 Å². The molecule has 0 amide bonds. The maximum absolute atomic E-state index is 12.9. The van der Waals surface area contributed by atoms with Crippen molar-refractivity contribution in [2.45, 2.75) is 0 Å². The average Bonchev–Trinajstić information content (AvgIpc) is 2.82. The highest BCUT2D eigenvalue weighted by molar-refractivity contribution is 6.33. The van der Waals surface area contributed by atoms with Crippen molar-refractivity contribution in [3.8, 4) is 16.9 Å².